The van der Waals surface area contributed by atoms with E-state index < -0.39 is 0 Å². The molecule has 7 heteroatoms. The molecule has 0 amide bonds. The number of thioether (sulfide) groups is 1. The van der Waals surface area contributed by atoms with Gasteiger partial charge in [-0.1, -0.05) is 42.1 Å². The Hall–Kier alpha value is -2.64. The molecule has 31 heavy (non-hydrogen) atoms. The Labute approximate surface area is 185 Å². The van der Waals surface area contributed by atoms with Crippen LogP contribution < -0.4 is 5.32 Å². The summed E-state index contributed by atoms with van der Waals surface area (Å²) < 4.78 is 10.4. The molecule has 1 saturated carbocycles. The maximum absolute atomic E-state index is 11.3. The normalized spacial score (nSPS) is 15.1. The molecule has 2 aromatic carbocycles. The summed E-state index contributed by atoms with van der Waals surface area (Å²) in [6.45, 7) is 1.02. The Morgan fingerprint density at radius 3 is 2.81 bits per heavy atom. The number of aromatic nitrogens is 2. The van der Waals surface area contributed by atoms with Gasteiger partial charge in [0.15, 0.2) is 5.16 Å². The van der Waals surface area contributed by atoms with Crippen molar-refractivity contribution in [1.29, 1.82) is 0 Å². The number of nitrogens with one attached hydrogen (secondary N) is 1. The van der Waals surface area contributed by atoms with Crippen LogP contribution in [-0.2, 0) is 27.5 Å². The van der Waals surface area contributed by atoms with Gasteiger partial charge in [0.25, 0.3) is 0 Å². The molecule has 1 aromatic heterocycles. The number of carbonyl (C=O) groups excluding carboxylic acids is 1. The average Bonchev–Trinajstić information content (AvgIpc) is 3.53. The zero-order valence-corrected chi connectivity index (χ0v) is 18.3. The van der Waals surface area contributed by atoms with Crippen molar-refractivity contribution >= 4 is 40.0 Å². The third-order valence-electron chi connectivity index (χ3n) is 5.77. The number of carbonyl (C=O) groups is 1. The summed E-state index contributed by atoms with van der Waals surface area (Å²) in [5.74, 6) is 2.08. The van der Waals surface area contributed by atoms with Crippen molar-refractivity contribution < 1.29 is 14.3 Å². The molecule has 0 atom stereocenters. The number of hydrogen-bond donors (Lipinski definition) is 1. The van der Waals surface area contributed by atoms with Gasteiger partial charge in [-0.05, 0) is 42.2 Å². The van der Waals surface area contributed by atoms with Crippen molar-refractivity contribution in [2.45, 2.75) is 50.0 Å². The van der Waals surface area contributed by atoms with Crippen LogP contribution in [0.3, 0.4) is 0 Å². The third-order valence-corrected chi connectivity index (χ3v) is 6.70. The topological polar surface area (TPSA) is 73.3 Å². The van der Waals surface area contributed by atoms with E-state index in [2.05, 4.69) is 46.7 Å². The zero-order chi connectivity index (χ0) is 21.2. The molecule has 3 aromatic rings. The molecule has 0 spiro atoms. The Balaban J connectivity index is 1.41. The number of anilines is 2. The summed E-state index contributed by atoms with van der Waals surface area (Å²) in [5.41, 5.74) is 4.45. The van der Waals surface area contributed by atoms with Gasteiger partial charge in [-0.15, -0.1) is 0 Å². The highest BCUT2D eigenvalue weighted by molar-refractivity contribution is 7.99. The molecule has 5 rings (SSSR count). The van der Waals surface area contributed by atoms with E-state index >= 15 is 0 Å². The Bertz CT molecular complexity index is 1130. The molecule has 0 saturated heterocycles. The molecule has 0 radical (unpaired) electrons. The number of nitrogens with zero attached hydrogens (tertiary/aromatic N) is 2. The van der Waals surface area contributed by atoms with Crippen molar-refractivity contribution in [2.24, 2.45) is 0 Å². The van der Waals surface area contributed by atoms with E-state index in [-0.39, 0.29) is 5.97 Å². The molecule has 6 nitrogen and oxygen atoms in total. The van der Waals surface area contributed by atoms with Crippen molar-refractivity contribution in [3.63, 3.8) is 0 Å². The van der Waals surface area contributed by atoms with Crippen molar-refractivity contribution in [2.75, 3.05) is 18.2 Å². The molecule has 2 heterocycles. The van der Waals surface area contributed by atoms with Crippen LogP contribution in [0, 0.1) is 0 Å². The first-order valence-electron chi connectivity index (χ1n) is 10.7. The van der Waals surface area contributed by atoms with Gasteiger partial charge in [0.05, 0.1) is 26.0 Å². The number of methoxy groups -OCH3 is 1. The fourth-order valence-corrected chi connectivity index (χ4v) is 4.79. The van der Waals surface area contributed by atoms with E-state index in [1.807, 2.05) is 0 Å². The summed E-state index contributed by atoms with van der Waals surface area (Å²) in [7, 11) is 1.41. The molecule has 1 aliphatic heterocycles. The van der Waals surface area contributed by atoms with Crippen LogP contribution in [0.1, 0.15) is 48.4 Å². The number of esters is 1. The van der Waals surface area contributed by atoms with Gasteiger partial charge in [-0.2, -0.15) is 0 Å². The van der Waals surface area contributed by atoms with Crippen LogP contribution >= 0.6 is 11.8 Å². The molecule has 1 aliphatic carbocycles. The number of hydrogen-bond acceptors (Lipinski definition) is 7. The second-order valence-corrected chi connectivity index (χ2v) is 9.01. The fraction of sp³-hybridized carbons (Fsp3) is 0.375. The first-order chi connectivity index (χ1) is 15.2. The SMILES string of the molecule is COC(=O)CCCSc1nc2c(c(Nc3ccc(C4CC4)c4ccccc34)n1)COC2. The molecule has 160 valence electrons. The first kappa shape index (κ1) is 20.3. The monoisotopic (exact) mass is 435 g/mol. The molecule has 0 unspecified atom stereocenters. The Morgan fingerprint density at radius 2 is 2.00 bits per heavy atom. The molecular formula is C24H25N3O3S. The lowest BCUT2D eigenvalue weighted by Gasteiger charge is -2.15. The van der Waals surface area contributed by atoms with Gasteiger partial charge < -0.3 is 14.8 Å². The van der Waals surface area contributed by atoms with Crippen LogP contribution in [-0.4, -0.2) is 28.8 Å². The third kappa shape index (κ3) is 4.38. The van der Waals surface area contributed by atoms with Crippen LogP contribution in [0.25, 0.3) is 10.8 Å². The Morgan fingerprint density at radius 1 is 1.16 bits per heavy atom. The Kier molecular flexibility index (Phi) is 5.78. The van der Waals surface area contributed by atoms with E-state index in [0.29, 0.717) is 30.7 Å². The highest BCUT2D eigenvalue weighted by atomic mass is 32.2. The number of benzene rings is 2. The quantitative estimate of drug-likeness (QED) is 0.222. The predicted octanol–water partition coefficient (Wildman–Crippen LogP) is 5.33. The maximum Gasteiger partial charge on any atom is 0.305 e. The first-order valence-corrected chi connectivity index (χ1v) is 11.7. The van der Waals surface area contributed by atoms with Gasteiger partial charge in [0, 0.05) is 28.8 Å². The van der Waals surface area contributed by atoms with Gasteiger partial charge in [-0.3, -0.25) is 4.79 Å². The summed E-state index contributed by atoms with van der Waals surface area (Å²) in [4.78, 5) is 20.8. The molecular weight excluding hydrogens is 410 g/mol. The van der Waals surface area contributed by atoms with Crippen molar-refractivity contribution in [3.8, 4) is 0 Å². The summed E-state index contributed by atoms with van der Waals surface area (Å²) >= 11 is 1.56. The molecule has 1 N–H and O–H groups in total. The average molecular weight is 436 g/mol. The fourth-order valence-electron chi connectivity index (χ4n) is 3.99. The minimum Gasteiger partial charge on any atom is -0.469 e. The number of ether oxygens (including phenoxy) is 2. The summed E-state index contributed by atoms with van der Waals surface area (Å²) in [6, 6.07) is 13.0. The highest BCUT2D eigenvalue weighted by Crippen LogP contribution is 2.44. The predicted molar refractivity (Wildman–Crippen MR) is 122 cm³/mol. The minimum absolute atomic E-state index is 0.187. The lowest BCUT2D eigenvalue weighted by Crippen LogP contribution is -2.04. The lowest BCUT2D eigenvalue weighted by atomic mass is 9.99. The van der Waals surface area contributed by atoms with Crippen LogP contribution in [0.4, 0.5) is 11.5 Å². The van der Waals surface area contributed by atoms with Gasteiger partial charge in [0.1, 0.15) is 5.82 Å². The maximum atomic E-state index is 11.3. The molecule has 2 aliphatic rings. The molecule has 1 fully saturated rings. The highest BCUT2D eigenvalue weighted by Gasteiger charge is 2.26. The largest absolute Gasteiger partial charge is 0.469 e. The number of fused-ring (bicyclic) bond motifs is 2. The van der Waals surface area contributed by atoms with Gasteiger partial charge >= 0.3 is 5.97 Å². The van der Waals surface area contributed by atoms with Gasteiger partial charge in [0.2, 0.25) is 0 Å². The van der Waals surface area contributed by atoms with E-state index in [1.165, 1.54) is 36.3 Å². The van der Waals surface area contributed by atoms with E-state index in [4.69, 9.17) is 14.5 Å². The summed E-state index contributed by atoms with van der Waals surface area (Å²) in [5, 5.41) is 6.81. The lowest BCUT2D eigenvalue weighted by molar-refractivity contribution is -0.140. The second-order valence-electron chi connectivity index (χ2n) is 7.95. The van der Waals surface area contributed by atoms with Crippen LogP contribution in [0.15, 0.2) is 41.6 Å². The molecule has 0 bridgehead atoms. The standard InChI is InChI=1S/C24H25N3O3S/c1-29-22(28)7-4-12-31-24-26-21-14-30-13-19(21)23(27-24)25-20-11-10-16(15-8-9-15)17-5-2-3-6-18(17)20/h2-3,5-6,10-11,15H,4,7-9,12-14H2,1H3,(H,25,26,27). The van der Waals surface area contributed by atoms with Crippen LogP contribution in [0.5, 0.6) is 0 Å². The van der Waals surface area contributed by atoms with E-state index in [9.17, 15) is 4.79 Å². The second kappa shape index (κ2) is 8.85. The van der Waals surface area contributed by atoms with Gasteiger partial charge in [-0.25, -0.2) is 9.97 Å². The smallest absolute Gasteiger partial charge is 0.305 e. The number of rotatable bonds is 8. The zero-order valence-electron chi connectivity index (χ0n) is 17.5. The minimum atomic E-state index is -0.187. The van der Waals surface area contributed by atoms with Crippen LogP contribution in [0.2, 0.25) is 0 Å². The van der Waals surface area contributed by atoms with E-state index in [1.54, 1.807) is 11.8 Å². The van der Waals surface area contributed by atoms with Crippen molar-refractivity contribution in [1.82, 2.24) is 9.97 Å². The van der Waals surface area contributed by atoms with Crippen molar-refractivity contribution in [3.05, 3.63) is 53.2 Å². The summed E-state index contributed by atoms with van der Waals surface area (Å²) in [6.07, 6.45) is 3.69. The van der Waals surface area contributed by atoms with E-state index in [0.717, 1.165) is 34.9 Å².